The van der Waals surface area contributed by atoms with Crippen LogP contribution in [-0.4, -0.2) is 52.8 Å². The first kappa shape index (κ1) is 13.9. The van der Waals surface area contributed by atoms with Gasteiger partial charge < -0.3 is 25.5 Å². The number of rotatable bonds is 2. The third-order valence-electron chi connectivity index (χ3n) is 3.69. The molecule has 21 heavy (non-hydrogen) atoms. The highest BCUT2D eigenvalue weighted by Gasteiger charge is 2.29. The van der Waals surface area contributed by atoms with Crippen LogP contribution in [0.1, 0.15) is 17.4 Å². The number of hydrogen-bond acceptors (Lipinski definition) is 4. The Balaban J connectivity index is 1.85. The van der Waals surface area contributed by atoms with Crippen LogP contribution in [0.15, 0.2) is 24.3 Å². The predicted octanol–water partition coefficient (Wildman–Crippen LogP) is 0.972. The molecule has 1 saturated heterocycles. The first-order valence-electron chi connectivity index (χ1n) is 7.00. The van der Waals surface area contributed by atoms with Gasteiger partial charge in [-0.15, -0.1) is 0 Å². The second-order valence-electron chi connectivity index (χ2n) is 5.49. The highest BCUT2D eigenvalue weighted by molar-refractivity contribution is 5.98. The molecule has 0 radical (unpaired) electrons. The number of nitrogen functional groups attached to an aromatic ring is 1. The quantitative estimate of drug-likeness (QED) is 0.718. The summed E-state index contributed by atoms with van der Waals surface area (Å²) in [6.07, 6.45) is -0.405. The molecule has 0 spiro atoms. The third-order valence-corrected chi connectivity index (χ3v) is 3.69. The van der Waals surface area contributed by atoms with Gasteiger partial charge in [0.25, 0.3) is 5.91 Å². The lowest BCUT2D eigenvalue weighted by Crippen LogP contribution is -2.50. The van der Waals surface area contributed by atoms with Crippen molar-refractivity contribution in [3.63, 3.8) is 0 Å². The Bertz CT molecular complexity index is 667. The third kappa shape index (κ3) is 2.72. The van der Waals surface area contributed by atoms with E-state index in [-0.39, 0.29) is 24.7 Å². The number of fused-ring (bicyclic) bond motifs is 1. The van der Waals surface area contributed by atoms with Crippen molar-refractivity contribution in [2.24, 2.45) is 0 Å². The van der Waals surface area contributed by atoms with Crippen molar-refractivity contribution in [1.29, 1.82) is 0 Å². The summed E-state index contributed by atoms with van der Waals surface area (Å²) in [5.41, 5.74) is 7.83. The van der Waals surface area contributed by atoms with Crippen molar-refractivity contribution >= 4 is 22.5 Å². The number of nitrogens with one attached hydrogen (secondary N) is 1. The number of aliphatic hydroxyl groups excluding tert-OH is 1. The van der Waals surface area contributed by atoms with Gasteiger partial charge in [0.1, 0.15) is 5.69 Å². The molecule has 2 atom stereocenters. The monoisotopic (exact) mass is 289 g/mol. The van der Waals surface area contributed by atoms with Gasteiger partial charge in [-0.3, -0.25) is 4.79 Å². The lowest BCUT2D eigenvalue weighted by molar-refractivity contribution is -0.0859. The van der Waals surface area contributed by atoms with Crippen molar-refractivity contribution in [3.05, 3.63) is 30.0 Å². The lowest BCUT2D eigenvalue weighted by atomic mass is 10.2. The standard InChI is InChI=1S/C15H19N3O3/c1-9-6-18(7-12(8-19)21-9)15(20)14-5-10-4-11(16)2-3-13(10)17-14/h2-5,9,12,17,19H,6-8,16H2,1H3. The van der Waals surface area contributed by atoms with Crippen molar-refractivity contribution < 1.29 is 14.6 Å². The summed E-state index contributed by atoms with van der Waals surface area (Å²) in [5, 5.41) is 10.2. The zero-order chi connectivity index (χ0) is 15.0. The van der Waals surface area contributed by atoms with Crippen molar-refractivity contribution in [1.82, 2.24) is 9.88 Å². The van der Waals surface area contributed by atoms with Gasteiger partial charge in [0.2, 0.25) is 0 Å². The van der Waals surface area contributed by atoms with Crippen LogP contribution in [0.2, 0.25) is 0 Å². The average Bonchev–Trinajstić information content (AvgIpc) is 2.88. The smallest absolute Gasteiger partial charge is 0.270 e. The molecule has 112 valence electrons. The second kappa shape index (κ2) is 5.38. The fraction of sp³-hybridized carbons (Fsp3) is 0.400. The molecule has 4 N–H and O–H groups in total. The fourth-order valence-electron chi connectivity index (χ4n) is 2.75. The van der Waals surface area contributed by atoms with E-state index in [1.807, 2.05) is 25.1 Å². The van der Waals surface area contributed by atoms with Crippen LogP contribution in [0.4, 0.5) is 5.69 Å². The molecule has 1 aliphatic rings. The number of morpholine rings is 1. The number of carbonyl (C=O) groups excluding carboxylic acids is 1. The molecular weight excluding hydrogens is 270 g/mol. The minimum Gasteiger partial charge on any atom is -0.399 e. The number of nitrogens with two attached hydrogens (primary N) is 1. The normalized spacial score (nSPS) is 22.7. The number of amides is 1. The Labute approximate surface area is 122 Å². The number of nitrogens with zero attached hydrogens (tertiary/aromatic N) is 1. The Morgan fingerprint density at radius 3 is 3.05 bits per heavy atom. The molecule has 1 aromatic carbocycles. The van der Waals surface area contributed by atoms with Gasteiger partial charge in [-0.05, 0) is 31.2 Å². The van der Waals surface area contributed by atoms with E-state index in [2.05, 4.69) is 4.98 Å². The van der Waals surface area contributed by atoms with Gasteiger partial charge in [-0.2, -0.15) is 0 Å². The fourth-order valence-corrected chi connectivity index (χ4v) is 2.75. The number of carbonyl (C=O) groups is 1. The van der Waals surface area contributed by atoms with Gasteiger partial charge >= 0.3 is 0 Å². The van der Waals surface area contributed by atoms with Crippen LogP contribution < -0.4 is 5.73 Å². The number of aliphatic hydroxyl groups is 1. The van der Waals surface area contributed by atoms with Gasteiger partial charge in [0.15, 0.2) is 0 Å². The van der Waals surface area contributed by atoms with Gasteiger partial charge in [0.05, 0.1) is 18.8 Å². The molecule has 2 aromatic rings. The second-order valence-corrected chi connectivity index (χ2v) is 5.49. The van der Waals surface area contributed by atoms with E-state index < -0.39 is 0 Å². The van der Waals surface area contributed by atoms with Gasteiger partial charge in [-0.25, -0.2) is 0 Å². The summed E-state index contributed by atoms with van der Waals surface area (Å²) >= 11 is 0. The molecule has 6 nitrogen and oxygen atoms in total. The molecule has 1 aromatic heterocycles. The molecule has 0 aliphatic carbocycles. The molecule has 1 fully saturated rings. The molecule has 1 aliphatic heterocycles. The minimum absolute atomic E-state index is 0.0835. The number of aromatic amines is 1. The van der Waals surface area contributed by atoms with Crippen LogP contribution in [0.5, 0.6) is 0 Å². The summed E-state index contributed by atoms with van der Waals surface area (Å²) < 4.78 is 5.56. The highest BCUT2D eigenvalue weighted by atomic mass is 16.5. The number of H-pyrrole nitrogens is 1. The topological polar surface area (TPSA) is 91.6 Å². The van der Waals surface area contributed by atoms with E-state index in [0.29, 0.717) is 24.5 Å². The Hall–Kier alpha value is -2.05. The zero-order valence-electron chi connectivity index (χ0n) is 11.9. The first-order chi connectivity index (χ1) is 10.1. The molecule has 0 saturated carbocycles. The van der Waals surface area contributed by atoms with Crippen LogP contribution >= 0.6 is 0 Å². The molecule has 1 amide bonds. The number of hydrogen-bond donors (Lipinski definition) is 3. The Morgan fingerprint density at radius 2 is 2.29 bits per heavy atom. The Kier molecular flexibility index (Phi) is 3.57. The Morgan fingerprint density at radius 1 is 1.48 bits per heavy atom. The maximum atomic E-state index is 12.6. The van der Waals surface area contributed by atoms with Crippen molar-refractivity contribution in [2.45, 2.75) is 19.1 Å². The van der Waals surface area contributed by atoms with Crippen LogP contribution in [0, 0.1) is 0 Å². The number of anilines is 1. The lowest BCUT2D eigenvalue weighted by Gasteiger charge is -2.35. The summed E-state index contributed by atoms with van der Waals surface area (Å²) in [4.78, 5) is 17.4. The first-order valence-corrected chi connectivity index (χ1v) is 7.00. The van der Waals surface area contributed by atoms with E-state index >= 15 is 0 Å². The number of ether oxygens (including phenoxy) is 1. The molecular formula is C15H19N3O3. The van der Waals surface area contributed by atoms with Crippen LogP contribution in [-0.2, 0) is 4.74 Å². The molecule has 6 heteroatoms. The molecule has 3 rings (SSSR count). The summed E-state index contributed by atoms with van der Waals surface area (Å²) in [7, 11) is 0. The van der Waals surface area contributed by atoms with Crippen LogP contribution in [0.25, 0.3) is 10.9 Å². The van der Waals surface area contributed by atoms with Gasteiger partial charge in [0, 0.05) is 29.7 Å². The molecule has 2 heterocycles. The SMILES string of the molecule is CC1CN(C(=O)c2cc3cc(N)ccc3[nH]2)CC(CO)O1. The summed E-state index contributed by atoms with van der Waals surface area (Å²) in [6, 6.07) is 7.30. The van der Waals surface area contributed by atoms with E-state index in [1.54, 1.807) is 11.0 Å². The zero-order valence-corrected chi connectivity index (χ0v) is 11.9. The van der Waals surface area contributed by atoms with Crippen LogP contribution in [0.3, 0.4) is 0 Å². The molecule has 0 bridgehead atoms. The number of aromatic nitrogens is 1. The van der Waals surface area contributed by atoms with E-state index in [9.17, 15) is 9.90 Å². The van der Waals surface area contributed by atoms with Gasteiger partial charge in [-0.1, -0.05) is 0 Å². The summed E-state index contributed by atoms with van der Waals surface area (Å²) in [6.45, 7) is 2.73. The minimum atomic E-state index is -0.322. The summed E-state index contributed by atoms with van der Waals surface area (Å²) in [5.74, 6) is -0.0848. The highest BCUT2D eigenvalue weighted by Crippen LogP contribution is 2.20. The largest absolute Gasteiger partial charge is 0.399 e. The average molecular weight is 289 g/mol. The van der Waals surface area contributed by atoms with Crippen molar-refractivity contribution in [3.8, 4) is 0 Å². The van der Waals surface area contributed by atoms with E-state index in [1.165, 1.54) is 0 Å². The van der Waals surface area contributed by atoms with Crippen molar-refractivity contribution in [2.75, 3.05) is 25.4 Å². The van der Waals surface area contributed by atoms with E-state index in [4.69, 9.17) is 10.5 Å². The molecule has 2 unspecified atom stereocenters. The maximum Gasteiger partial charge on any atom is 0.270 e. The predicted molar refractivity (Wildman–Crippen MR) is 80.0 cm³/mol. The maximum absolute atomic E-state index is 12.6. The number of benzene rings is 1. The van der Waals surface area contributed by atoms with E-state index in [0.717, 1.165) is 10.9 Å².